The molecule has 1 saturated heterocycles. The van der Waals surface area contributed by atoms with Gasteiger partial charge in [-0.25, -0.2) is 0 Å². The van der Waals surface area contributed by atoms with Crippen LogP contribution in [0, 0.1) is 5.92 Å². The number of Topliss-reactive ketones (excluding diaryl/α,β-unsaturated/α-hetero) is 1. The van der Waals surface area contributed by atoms with Gasteiger partial charge in [0.1, 0.15) is 6.61 Å². The van der Waals surface area contributed by atoms with Gasteiger partial charge in [-0.1, -0.05) is 0 Å². The highest BCUT2D eigenvalue weighted by Crippen LogP contribution is 2.15. The van der Waals surface area contributed by atoms with Gasteiger partial charge in [-0.05, 0) is 12.8 Å². The molecule has 0 aromatic heterocycles. The van der Waals surface area contributed by atoms with E-state index in [-0.39, 0.29) is 18.3 Å². The van der Waals surface area contributed by atoms with E-state index < -0.39 is 0 Å². The quantitative estimate of drug-likeness (QED) is 0.604. The summed E-state index contributed by atoms with van der Waals surface area (Å²) in [5, 5.41) is 0. The number of methoxy groups -OCH3 is 1. The third-order valence-electron chi connectivity index (χ3n) is 1.96. The number of ether oxygens (including phenoxy) is 2. The average Bonchev–Trinajstić information content (AvgIpc) is 2.07. The van der Waals surface area contributed by atoms with Gasteiger partial charge in [0, 0.05) is 26.2 Å². The third-order valence-corrected chi connectivity index (χ3v) is 1.96. The molecule has 1 rings (SSSR count). The number of carbonyl (C=O) groups is 1. The lowest BCUT2D eigenvalue weighted by Gasteiger charge is -2.20. The molecule has 0 radical (unpaired) electrons. The smallest absolute Gasteiger partial charge is 0.161 e. The molecule has 0 aliphatic carbocycles. The monoisotopic (exact) mass is 158 g/mol. The zero-order valence-corrected chi connectivity index (χ0v) is 6.84. The minimum absolute atomic E-state index is 0.184. The molecule has 3 nitrogen and oxygen atoms in total. The molecule has 0 aromatic rings. The summed E-state index contributed by atoms with van der Waals surface area (Å²) in [5.74, 6) is 0.402. The lowest BCUT2D eigenvalue weighted by molar-refractivity contribution is -0.129. The van der Waals surface area contributed by atoms with Crippen molar-refractivity contribution in [2.75, 3.05) is 26.9 Å². The fourth-order valence-corrected chi connectivity index (χ4v) is 1.28. The first kappa shape index (κ1) is 8.68. The summed E-state index contributed by atoms with van der Waals surface area (Å²) >= 11 is 0. The summed E-state index contributed by atoms with van der Waals surface area (Å²) in [4.78, 5) is 11.2. The van der Waals surface area contributed by atoms with Crippen molar-refractivity contribution in [3.8, 4) is 0 Å². The second-order valence-corrected chi connectivity index (χ2v) is 2.79. The van der Waals surface area contributed by atoms with E-state index in [0.29, 0.717) is 0 Å². The normalized spacial score (nSPS) is 20.1. The van der Waals surface area contributed by atoms with E-state index in [0.717, 1.165) is 26.1 Å². The summed E-state index contributed by atoms with van der Waals surface area (Å²) < 4.78 is 9.90. The van der Waals surface area contributed by atoms with E-state index in [1.165, 1.54) is 0 Å². The molecule has 0 bridgehead atoms. The van der Waals surface area contributed by atoms with Gasteiger partial charge in [-0.15, -0.1) is 0 Å². The number of ketones is 1. The maximum atomic E-state index is 11.2. The van der Waals surface area contributed by atoms with Crippen molar-refractivity contribution in [2.24, 2.45) is 5.92 Å². The van der Waals surface area contributed by atoms with Gasteiger partial charge in [-0.2, -0.15) is 0 Å². The summed E-state index contributed by atoms with van der Waals surface area (Å²) in [6.07, 6.45) is 1.73. The summed E-state index contributed by atoms with van der Waals surface area (Å²) in [6.45, 7) is 1.70. The van der Waals surface area contributed by atoms with Gasteiger partial charge in [-0.3, -0.25) is 4.79 Å². The SMILES string of the molecule is COCC(=O)C1CCOCC1. The van der Waals surface area contributed by atoms with Crippen LogP contribution in [0.25, 0.3) is 0 Å². The molecule has 0 N–H and O–H groups in total. The van der Waals surface area contributed by atoms with Crippen LogP contribution in [-0.4, -0.2) is 32.7 Å². The number of hydrogen-bond acceptors (Lipinski definition) is 3. The van der Waals surface area contributed by atoms with Crippen molar-refractivity contribution in [3.63, 3.8) is 0 Å². The molecule has 0 unspecified atom stereocenters. The summed E-state index contributed by atoms with van der Waals surface area (Å²) in [7, 11) is 1.55. The van der Waals surface area contributed by atoms with Crippen LogP contribution in [0.2, 0.25) is 0 Å². The third kappa shape index (κ3) is 2.60. The van der Waals surface area contributed by atoms with E-state index in [4.69, 9.17) is 9.47 Å². The molecule has 3 heteroatoms. The average molecular weight is 158 g/mol. The Kier molecular flexibility index (Phi) is 3.52. The van der Waals surface area contributed by atoms with Crippen LogP contribution < -0.4 is 0 Å². The maximum Gasteiger partial charge on any atom is 0.161 e. The van der Waals surface area contributed by atoms with Gasteiger partial charge in [0.05, 0.1) is 0 Å². The second kappa shape index (κ2) is 4.46. The van der Waals surface area contributed by atoms with Crippen LogP contribution in [0.3, 0.4) is 0 Å². The molecule has 1 fully saturated rings. The Morgan fingerprint density at radius 2 is 2.18 bits per heavy atom. The molecule has 1 aliphatic rings. The molecule has 1 aliphatic heterocycles. The Labute approximate surface area is 66.7 Å². The van der Waals surface area contributed by atoms with Gasteiger partial charge < -0.3 is 9.47 Å². The second-order valence-electron chi connectivity index (χ2n) is 2.79. The van der Waals surface area contributed by atoms with E-state index in [1.807, 2.05) is 0 Å². The standard InChI is InChI=1S/C8H14O3/c1-10-6-8(9)7-2-4-11-5-3-7/h7H,2-6H2,1H3. The Morgan fingerprint density at radius 1 is 1.55 bits per heavy atom. The van der Waals surface area contributed by atoms with Crippen LogP contribution in [0.4, 0.5) is 0 Å². The molecule has 0 atom stereocenters. The van der Waals surface area contributed by atoms with E-state index in [9.17, 15) is 4.79 Å². The number of rotatable bonds is 3. The first-order valence-corrected chi connectivity index (χ1v) is 3.94. The van der Waals surface area contributed by atoms with Crippen molar-refractivity contribution >= 4 is 5.78 Å². The first-order valence-electron chi connectivity index (χ1n) is 3.94. The molecular formula is C8H14O3. The summed E-state index contributed by atoms with van der Waals surface area (Å²) in [6, 6.07) is 0. The maximum absolute atomic E-state index is 11.2. The first-order chi connectivity index (χ1) is 5.34. The van der Waals surface area contributed by atoms with Crippen LogP contribution >= 0.6 is 0 Å². The molecule has 1 heterocycles. The van der Waals surface area contributed by atoms with E-state index >= 15 is 0 Å². The lowest BCUT2D eigenvalue weighted by Crippen LogP contribution is -2.26. The minimum Gasteiger partial charge on any atom is -0.381 e. The highest BCUT2D eigenvalue weighted by atomic mass is 16.5. The Morgan fingerprint density at radius 3 is 2.73 bits per heavy atom. The fraction of sp³-hybridized carbons (Fsp3) is 0.875. The highest BCUT2D eigenvalue weighted by Gasteiger charge is 2.20. The molecule has 0 aromatic carbocycles. The zero-order valence-electron chi connectivity index (χ0n) is 6.84. The molecule has 64 valence electrons. The predicted octanol–water partition coefficient (Wildman–Crippen LogP) is 0.629. The van der Waals surface area contributed by atoms with Gasteiger partial charge in [0.2, 0.25) is 0 Å². The minimum atomic E-state index is 0.184. The molecule has 0 saturated carbocycles. The highest BCUT2D eigenvalue weighted by molar-refractivity contribution is 5.82. The Hall–Kier alpha value is -0.410. The molecular weight excluding hydrogens is 144 g/mol. The van der Waals surface area contributed by atoms with Crippen LogP contribution in [-0.2, 0) is 14.3 Å². The van der Waals surface area contributed by atoms with Crippen molar-refractivity contribution in [1.82, 2.24) is 0 Å². The predicted molar refractivity (Wildman–Crippen MR) is 40.4 cm³/mol. The largest absolute Gasteiger partial charge is 0.381 e. The molecule has 11 heavy (non-hydrogen) atoms. The molecule has 0 spiro atoms. The summed E-state index contributed by atoms with van der Waals surface area (Å²) in [5.41, 5.74) is 0. The van der Waals surface area contributed by atoms with Crippen molar-refractivity contribution in [3.05, 3.63) is 0 Å². The Bertz CT molecular complexity index is 127. The van der Waals surface area contributed by atoms with E-state index in [2.05, 4.69) is 0 Å². The van der Waals surface area contributed by atoms with Gasteiger partial charge in [0.15, 0.2) is 5.78 Å². The van der Waals surface area contributed by atoms with Crippen LogP contribution in [0.15, 0.2) is 0 Å². The van der Waals surface area contributed by atoms with Crippen molar-refractivity contribution in [2.45, 2.75) is 12.8 Å². The van der Waals surface area contributed by atoms with Crippen LogP contribution in [0.1, 0.15) is 12.8 Å². The van der Waals surface area contributed by atoms with Crippen molar-refractivity contribution < 1.29 is 14.3 Å². The van der Waals surface area contributed by atoms with Gasteiger partial charge in [0.25, 0.3) is 0 Å². The fourth-order valence-electron chi connectivity index (χ4n) is 1.28. The zero-order chi connectivity index (χ0) is 8.10. The van der Waals surface area contributed by atoms with Crippen LogP contribution in [0.5, 0.6) is 0 Å². The van der Waals surface area contributed by atoms with Gasteiger partial charge >= 0.3 is 0 Å². The van der Waals surface area contributed by atoms with Crippen molar-refractivity contribution in [1.29, 1.82) is 0 Å². The Balaban J connectivity index is 2.27. The topological polar surface area (TPSA) is 35.5 Å². The van der Waals surface area contributed by atoms with E-state index in [1.54, 1.807) is 7.11 Å². The number of hydrogen-bond donors (Lipinski definition) is 0. The number of carbonyl (C=O) groups excluding carboxylic acids is 1. The molecule has 0 amide bonds. The lowest BCUT2D eigenvalue weighted by atomic mass is 9.96.